The number of nitrogens with zero attached hydrogens (tertiary/aromatic N) is 5. The molecule has 0 radical (unpaired) electrons. The SMILES string of the molecule is COc1cc(OC)cc(-n2nnnc2CN(C)C(=O)[C@@H]2CCCNC2)c1. The van der Waals surface area contributed by atoms with Crippen molar-refractivity contribution in [3.63, 3.8) is 0 Å². The van der Waals surface area contributed by atoms with Crippen molar-refractivity contribution in [2.75, 3.05) is 34.4 Å². The average molecular weight is 360 g/mol. The number of hydrogen-bond donors (Lipinski definition) is 1. The molecular weight excluding hydrogens is 336 g/mol. The Bertz CT molecular complexity index is 734. The molecular formula is C17H24N6O3. The lowest BCUT2D eigenvalue weighted by Gasteiger charge is -2.26. The standard InChI is InChI=1S/C17H24N6O3/c1-22(17(24)12-5-4-6-18-10-12)11-16-19-20-21-23(16)13-7-14(25-2)9-15(8-13)26-3/h7-9,12,18H,4-6,10-11H2,1-3H3/t12-/m1/s1. The van der Waals surface area contributed by atoms with Crippen molar-refractivity contribution < 1.29 is 14.3 Å². The largest absolute Gasteiger partial charge is 0.497 e. The van der Waals surface area contributed by atoms with Gasteiger partial charge in [0.15, 0.2) is 5.82 Å². The van der Waals surface area contributed by atoms with Crippen LogP contribution in [0.4, 0.5) is 0 Å². The van der Waals surface area contributed by atoms with E-state index in [1.165, 1.54) is 0 Å². The number of benzene rings is 1. The maximum atomic E-state index is 12.6. The molecule has 1 aromatic carbocycles. The average Bonchev–Trinajstić information content (AvgIpc) is 3.15. The maximum absolute atomic E-state index is 12.6. The maximum Gasteiger partial charge on any atom is 0.227 e. The van der Waals surface area contributed by atoms with Crippen molar-refractivity contribution in [2.45, 2.75) is 19.4 Å². The van der Waals surface area contributed by atoms with E-state index in [0.717, 1.165) is 25.9 Å². The molecule has 0 unspecified atom stereocenters. The van der Waals surface area contributed by atoms with Crippen molar-refractivity contribution in [3.8, 4) is 17.2 Å². The molecule has 3 rings (SSSR count). The van der Waals surface area contributed by atoms with Crippen LogP contribution in [0.5, 0.6) is 11.5 Å². The van der Waals surface area contributed by atoms with Crippen molar-refractivity contribution in [2.24, 2.45) is 5.92 Å². The minimum absolute atomic E-state index is 0.00925. The Morgan fingerprint density at radius 2 is 2.04 bits per heavy atom. The molecule has 1 fully saturated rings. The molecule has 1 aromatic heterocycles. The summed E-state index contributed by atoms with van der Waals surface area (Å²) in [7, 11) is 4.95. The zero-order valence-electron chi connectivity index (χ0n) is 15.3. The van der Waals surface area contributed by atoms with Crippen LogP contribution in [0.15, 0.2) is 18.2 Å². The van der Waals surface area contributed by atoms with Crippen LogP contribution in [0.25, 0.3) is 5.69 Å². The molecule has 2 aromatic rings. The molecule has 140 valence electrons. The van der Waals surface area contributed by atoms with Crippen LogP contribution in [0, 0.1) is 5.92 Å². The second-order valence-corrected chi connectivity index (χ2v) is 6.32. The number of amides is 1. The number of tetrazole rings is 1. The third kappa shape index (κ3) is 3.93. The summed E-state index contributed by atoms with van der Waals surface area (Å²) in [6.07, 6.45) is 1.93. The minimum atomic E-state index is 0.00925. The van der Waals surface area contributed by atoms with Gasteiger partial charge in [-0.25, -0.2) is 0 Å². The van der Waals surface area contributed by atoms with Gasteiger partial charge in [0.2, 0.25) is 5.91 Å². The highest BCUT2D eigenvalue weighted by Crippen LogP contribution is 2.25. The number of ether oxygens (including phenoxy) is 2. The predicted octanol–water partition coefficient (Wildman–Crippen LogP) is 0.638. The van der Waals surface area contributed by atoms with Crippen LogP contribution in [0.3, 0.4) is 0 Å². The molecule has 26 heavy (non-hydrogen) atoms. The fourth-order valence-electron chi connectivity index (χ4n) is 3.08. The van der Waals surface area contributed by atoms with E-state index in [1.807, 2.05) is 12.1 Å². The molecule has 0 saturated carbocycles. The van der Waals surface area contributed by atoms with E-state index in [4.69, 9.17) is 9.47 Å². The van der Waals surface area contributed by atoms with Gasteiger partial charge in [-0.3, -0.25) is 4.79 Å². The van der Waals surface area contributed by atoms with E-state index < -0.39 is 0 Å². The first-order valence-corrected chi connectivity index (χ1v) is 8.58. The molecule has 2 heterocycles. The highest BCUT2D eigenvalue weighted by Gasteiger charge is 2.25. The summed E-state index contributed by atoms with van der Waals surface area (Å²) in [6, 6.07) is 5.41. The summed E-state index contributed by atoms with van der Waals surface area (Å²) in [5, 5.41) is 15.2. The number of methoxy groups -OCH3 is 2. The van der Waals surface area contributed by atoms with E-state index in [1.54, 1.807) is 36.9 Å². The number of carbonyl (C=O) groups excluding carboxylic acids is 1. The molecule has 9 heteroatoms. The molecule has 1 aliphatic rings. The van der Waals surface area contributed by atoms with Crippen LogP contribution < -0.4 is 14.8 Å². The van der Waals surface area contributed by atoms with E-state index >= 15 is 0 Å². The molecule has 1 amide bonds. The Morgan fingerprint density at radius 1 is 1.31 bits per heavy atom. The van der Waals surface area contributed by atoms with E-state index in [2.05, 4.69) is 20.8 Å². The summed E-state index contributed by atoms with van der Waals surface area (Å²) < 4.78 is 12.2. The van der Waals surface area contributed by atoms with E-state index in [-0.39, 0.29) is 11.8 Å². The van der Waals surface area contributed by atoms with Gasteiger partial charge in [0.05, 0.1) is 32.4 Å². The first-order chi connectivity index (χ1) is 12.6. The van der Waals surface area contributed by atoms with E-state index in [9.17, 15) is 4.79 Å². The molecule has 1 atom stereocenters. The zero-order chi connectivity index (χ0) is 18.5. The summed E-state index contributed by atoms with van der Waals surface area (Å²) in [5.41, 5.74) is 0.710. The summed E-state index contributed by atoms with van der Waals surface area (Å²) in [5.74, 6) is 1.96. The first kappa shape index (κ1) is 18.1. The van der Waals surface area contributed by atoms with Crippen LogP contribution in [0.1, 0.15) is 18.7 Å². The number of aromatic nitrogens is 4. The fraction of sp³-hybridized carbons (Fsp3) is 0.529. The fourth-order valence-corrected chi connectivity index (χ4v) is 3.08. The quantitative estimate of drug-likeness (QED) is 0.808. The van der Waals surface area contributed by atoms with Gasteiger partial charge >= 0.3 is 0 Å². The number of carbonyl (C=O) groups is 1. The Hall–Kier alpha value is -2.68. The number of hydrogen-bond acceptors (Lipinski definition) is 7. The Kier molecular flexibility index (Phi) is 5.67. The van der Waals surface area contributed by atoms with E-state index in [0.29, 0.717) is 29.6 Å². The smallest absolute Gasteiger partial charge is 0.227 e. The lowest BCUT2D eigenvalue weighted by atomic mass is 9.98. The van der Waals surface area contributed by atoms with Crippen LogP contribution in [0.2, 0.25) is 0 Å². The monoisotopic (exact) mass is 360 g/mol. The highest BCUT2D eigenvalue weighted by molar-refractivity contribution is 5.78. The lowest BCUT2D eigenvalue weighted by molar-refractivity contribution is -0.135. The third-order valence-corrected chi connectivity index (χ3v) is 4.52. The zero-order valence-corrected chi connectivity index (χ0v) is 15.3. The van der Waals surface area contributed by atoms with Gasteiger partial charge < -0.3 is 19.7 Å². The second-order valence-electron chi connectivity index (χ2n) is 6.32. The Balaban J connectivity index is 1.79. The minimum Gasteiger partial charge on any atom is -0.497 e. The molecule has 1 aliphatic heterocycles. The van der Waals surface area contributed by atoms with Gasteiger partial charge in [0, 0.05) is 31.8 Å². The number of piperidine rings is 1. The van der Waals surface area contributed by atoms with Crippen LogP contribution in [-0.4, -0.2) is 65.4 Å². The van der Waals surface area contributed by atoms with Gasteiger partial charge in [0.1, 0.15) is 11.5 Å². The first-order valence-electron chi connectivity index (χ1n) is 8.58. The molecule has 0 spiro atoms. The second kappa shape index (κ2) is 8.13. The Labute approximate surface area is 152 Å². The summed E-state index contributed by atoms with van der Waals surface area (Å²) in [4.78, 5) is 14.3. The van der Waals surface area contributed by atoms with Crippen molar-refractivity contribution in [1.82, 2.24) is 30.4 Å². The Morgan fingerprint density at radius 3 is 2.65 bits per heavy atom. The topological polar surface area (TPSA) is 94.4 Å². The van der Waals surface area contributed by atoms with Gasteiger partial charge in [-0.2, -0.15) is 4.68 Å². The van der Waals surface area contributed by atoms with Gasteiger partial charge in [-0.15, -0.1) is 5.10 Å². The molecule has 1 N–H and O–H groups in total. The van der Waals surface area contributed by atoms with Crippen molar-refractivity contribution in [1.29, 1.82) is 0 Å². The lowest BCUT2D eigenvalue weighted by Crippen LogP contribution is -2.41. The summed E-state index contributed by atoms with van der Waals surface area (Å²) >= 11 is 0. The molecule has 0 bridgehead atoms. The number of nitrogens with one attached hydrogen (secondary N) is 1. The van der Waals surface area contributed by atoms with Crippen molar-refractivity contribution in [3.05, 3.63) is 24.0 Å². The van der Waals surface area contributed by atoms with Crippen molar-refractivity contribution >= 4 is 5.91 Å². The predicted molar refractivity (Wildman–Crippen MR) is 94.3 cm³/mol. The molecule has 9 nitrogen and oxygen atoms in total. The van der Waals surface area contributed by atoms with Gasteiger partial charge in [0.25, 0.3) is 0 Å². The third-order valence-electron chi connectivity index (χ3n) is 4.52. The highest BCUT2D eigenvalue weighted by atomic mass is 16.5. The number of rotatable bonds is 6. The van der Waals surface area contributed by atoms with Gasteiger partial charge in [-0.1, -0.05) is 0 Å². The molecule has 1 saturated heterocycles. The normalized spacial score (nSPS) is 17.0. The van der Waals surface area contributed by atoms with Gasteiger partial charge in [-0.05, 0) is 29.8 Å². The summed E-state index contributed by atoms with van der Waals surface area (Å²) in [6.45, 7) is 2.02. The molecule has 0 aliphatic carbocycles. The van der Waals surface area contributed by atoms with Crippen LogP contribution in [-0.2, 0) is 11.3 Å². The van der Waals surface area contributed by atoms with Crippen LogP contribution >= 0.6 is 0 Å².